The van der Waals surface area contributed by atoms with E-state index >= 15 is 0 Å². The van der Waals surface area contributed by atoms with Crippen LogP contribution in [0.2, 0.25) is 0 Å². The SMILES string of the molecule is Cn1c(CN2C[C@H](C(=O)O)CC2=O)nc2ccccc21. The smallest absolute Gasteiger partial charge is 0.308 e. The van der Waals surface area contributed by atoms with Crippen LogP contribution >= 0.6 is 0 Å². The number of carbonyl (C=O) groups excluding carboxylic acids is 1. The number of benzene rings is 1. The van der Waals surface area contributed by atoms with Gasteiger partial charge in [0.05, 0.1) is 23.5 Å². The van der Waals surface area contributed by atoms with Crippen molar-refractivity contribution in [2.24, 2.45) is 13.0 Å². The van der Waals surface area contributed by atoms with Gasteiger partial charge >= 0.3 is 5.97 Å². The lowest BCUT2D eigenvalue weighted by atomic mass is 10.1. The lowest BCUT2D eigenvalue weighted by Gasteiger charge is -2.15. The van der Waals surface area contributed by atoms with E-state index in [4.69, 9.17) is 5.11 Å². The molecule has 0 bridgehead atoms. The van der Waals surface area contributed by atoms with Gasteiger partial charge in [-0.25, -0.2) is 4.98 Å². The van der Waals surface area contributed by atoms with Crippen molar-refractivity contribution in [2.45, 2.75) is 13.0 Å². The minimum absolute atomic E-state index is 0.0826. The number of fused-ring (bicyclic) bond motifs is 1. The van der Waals surface area contributed by atoms with Gasteiger partial charge in [-0.15, -0.1) is 0 Å². The van der Waals surface area contributed by atoms with Crippen LogP contribution in [0.15, 0.2) is 24.3 Å². The van der Waals surface area contributed by atoms with Gasteiger partial charge < -0.3 is 14.6 Å². The highest BCUT2D eigenvalue weighted by atomic mass is 16.4. The fraction of sp³-hybridized carbons (Fsp3) is 0.357. The van der Waals surface area contributed by atoms with Crippen LogP contribution in [0, 0.1) is 5.92 Å². The minimum Gasteiger partial charge on any atom is -0.481 e. The normalized spacial score (nSPS) is 18.9. The molecule has 3 rings (SSSR count). The van der Waals surface area contributed by atoms with Crippen molar-refractivity contribution >= 4 is 22.9 Å². The van der Waals surface area contributed by atoms with Gasteiger partial charge in [0.1, 0.15) is 5.82 Å². The Hall–Kier alpha value is -2.37. The van der Waals surface area contributed by atoms with Crippen LogP contribution in [0.1, 0.15) is 12.2 Å². The Bertz CT molecular complexity index is 692. The fourth-order valence-corrected chi connectivity index (χ4v) is 2.60. The van der Waals surface area contributed by atoms with Crippen molar-refractivity contribution in [1.82, 2.24) is 14.5 Å². The summed E-state index contributed by atoms with van der Waals surface area (Å²) in [6.07, 6.45) is 0.0826. The number of rotatable bonds is 3. The van der Waals surface area contributed by atoms with E-state index in [1.165, 1.54) is 0 Å². The van der Waals surface area contributed by atoms with E-state index in [0.29, 0.717) is 6.54 Å². The molecule has 2 heterocycles. The predicted molar refractivity (Wildman–Crippen MR) is 71.9 cm³/mol. The zero-order valence-corrected chi connectivity index (χ0v) is 11.1. The summed E-state index contributed by atoms with van der Waals surface area (Å²) in [5, 5.41) is 8.98. The first kappa shape index (κ1) is 12.7. The maximum absolute atomic E-state index is 11.8. The molecule has 0 unspecified atom stereocenters. The summed E-state index contributed by atoms with van der Waals surface area (Å²) in [4.78, 5) is 28.9. The largest absolute Gasteiger partial charge is 0.481 e. The van der Waals surface area contributed by atoms with Crippen LogP contribution < -0.4 is 0 Å². The average Bonchev–Trinajstić information content (AvgIpc) is 2.93. The first-order valence-corrected chi connectivity index (χ1v) is 6.47. The number of aromatic nitrogens is 2. The highest BCUT2D eigenvalue weighted by molar-refractivity contribution is 5.86. The van der Waals surface area contributed by atoms with E-state index in [2.05, 4.69) is 4.98 Å². The molecule has 0 spiro atoms. The highest BCUT2D eigenvalue weighted by Crippen LogP contribution is 2.21. The van der Waals surface area contributed by atoms with Crippen molar-refractivity contribution in [2.75, 3.05) is 6.54 Å². The van der Waals surface area contributed by atoms with Gasteiger partial charge in [-0.3, -0.25) is 9.59 Å². The Morgan fingerprint density at radius 1 is 1.45 bits per heavy atom. The fourth-order valence-electron chi connectivity index (χ4n) is 2.60. The quantitative estimate of drug-likeness (QED) is 0.905. The summed E-state index contributed by atoms with van der Waals surface area (Å²) in [7, 11) is 1.90. The van der Waals surface area contributed by atoms with Crippen molar-refractivity contribution < 1.29 is 14.7 Å². The molecule has 1 saturated heterocycles. The molecule has 0 aliphatic carbocycles. The molecule has 1 N–H and O–H groups in total. The molecule has 0 saturated carbocycles. The van der Waals surface area contributed by atoms with E-state index < -0.39 is 11.9 Å². The summed E-state index contributed by atoms with van der Waals surface area (Å²) in [6, 6.07) is 7.75. The summed E-state index contributed by atoms with van der Waals surface area (Å²) < 4.78 is 1.94. The molecule has 6 nitrogen and oxygen atoms in total. The van der Waals surface area contributed by atoms with Gasteiger partial charge in [0.25, 0.3) is 0 Å². The number of hydrogen-bond donors (Lipinski definition) is 1. The molecular formula is C14H15N3O3. The van der Waals surface area contributed by atoms with Gasteiger partial charge in [-0.2, -0.15) is 0 Å². The molecule has 2 aromatic rings. The Morgan fingerprint density at radius 2 is 2.20 bits per heavy atom. The van der Waals surface area contributed by atoms with Crippen molar-refractivity contribution in [1.29, 1.82) is 0 Å². The Morgan fingerprint density at radius 3 is 2.85 bits per heavy atom. The highest BCUT2D eigenvalue weighted by Gasteiger charge is 2.34. The molecule has 1 aliphatic rings. The average molecular weight is 273 g/mol. The first-order valence-electron chi connectivity index (χ1n) is 6.47. The standard InChI is InChI=1S/C14H15N3O3/c1-16-11-5-3-2-4-10(11)15-12(16)8-17-7-9(14(19)20)6-13(17)18/h2-5,9H,6-8H2,1H3,(H,19,20)/t9-/m1/s1. The number of aliphatic carboxylic acids is 1. The van der Waals surface area contributed by atoms with Crippen molar-refractivity contribution in [3.8, 4) is 0 Å². The second kappa shape index (κ2) is 4.63. The molecule has 1 atom stereocenters. The van der Waals surface area contributed by atoms with Crippen LogP contribution in [0.25, 0.3) is 11.0 Å². The van der Waals surface area contributed by atoms with Crippen LogP contribution in [0.3, 0.4) is 0 Å². The zero-order chi connectivity index (χ0) is 14.3. The molecule has 1 aromatic heterocycles. The molecule has 1 aromatic carbocycles. The van der Waals surface area contributed by atoms with Gasteiger partial charge in [0.2, 0.25) is 5.91 Å². The second-order valence-electron chi connectivity index (χ2n) is 5.09. The third-order valence-electron chi connectivity index (χ3n) is 3.78. The number of hydrogen-bond acceptors (Lipinski definition) is 3. The van der Waals surface area contributed by atoms with E-state index in [-0.39, 0.29) is 18.9 Å². The number of carbonyl (C=O) groups is 2. The lowest BCUT2D eigenvalue weighted by Crippen LogP contribution is -2.27. The molecule has 104 valence electrons. The van der Waals surface area contributed by atoms with Gasteiger partial charge in [0.15, 0.2) is 0 Å². The predicted octanol–water partition coefficient (Wildman–Crippen LogP) is 1.01. The van der Waals surface area contributed by atoms with Gasteiger partial charge in [-0.05, 0) is 12.1 Å². The number of carboxylic acid groups (broad SMARTS) is 1. The molecule has 6 heteroatoms. The summed E-state index contributed by atoms with van der Waals surface area (Å²) in [6.45, 7) is 0.616. The van der Waals surface area contributed by atoms with E-state index in [1.807, 2.05) is 35.9 Å². The third kappa shape index (κ3) is 2.03. The van der Waals surface area contributed by atoms with Crippen molar-refractivity contribution in [3.05, 3.63) is 30.1 Å². The lowest BCUT2D eigenvalue weighted by molar-refractivity contribution is -0.141. The zero-order valence-electron chi connectivity index (χ0n) is 11.1. The van der Waals surface area contributed by atoms with Gasteiger partial charge in [-0.1, -0.05) is 12.1 Å². The second-order valence-corrected chi connectivity index (χ2v) is 5.09. The number of amides is 1. The number of para-hydroxylation sites is 2. The maximum atomic E-state index is 11.8. The van der Waals surface area contributed by atoms with Crippen LogP contribution in [-0.2, 0) is 23.2 Å². The van der Waals surface area contributed by atoms with Crippen LogP contribution in [-0.4, -0.2) is 38.0 Å². The Kier molecular flexibility index (Phi) is 2.93. The molecule has 1 amide bonds. The topological polar surface area (TPSA) is 75.4 Å². The number of nitrogens with zero attached hydrogens (tertiary/aromatic N) is 3. The molecule has 0 radical (unpaired) electrons. The molecule has 1 aliphatic heterocycles. The maximum Gasteiger partial charge on any atom is 0.308 e. The third-order valence-corrected chi connectivity index (χ3v) is 3.78. The van der Waals surface area contributed by atoms with Gasteiger partial charge in [0, 0.05) is 20.0 Å². The summed E-state index contributed by atoms with van der Waals surface area (Å²) in [5.41, 5.74) is 1.88. The van der Waals surface area contributed by atoms with Crippen LogP contribution in [0.4, 0.5) is 0 Å². The van der Waals surface area contributed by atoms with E-state index in [0.717, 1.165) is 16.9 Å². The van der Waals surface area contributed by atoms with E-state index in [9.17, 15) is 9.59 Å². The Balaban J connectivity index is 1.85. The number of carboxylic acids is 1. The summed E-state index contributed by atoms with van der Waals surface area (Å²) in [5.74, 6) is -0.863. The molecule has 1 fully saturated rings. The number of imidazole rings is 1. The van der Waals surface area contributed by atoms with Crippen molar-refractivity contribution in [3.63, 3.8) is 0 Å². The van der Waals surface area contributed by atoms with Crippen LogP contribution in [0.5, 0.6) is 0 Å². The number of likely N-dealkylation sites (tertiary alicyclic amines) is 1. The molecule has 20 heavy (non-hydrogen) atoms. The monoisotopic (exact) mass is 273 g/mol. The number of aryl methyl sites for hydroxylation is 1. The Labute approximate surface area is 115 Å². The van der Waals surface area contributed by atoms with E-state index in [1.54, 1.807) is 4.90 Å². The minimum atomic E-state index is -0.911. The first-order chi connectivity index (χ1) is 9.56. The summed E-state index contributed by atoms with van der Waals surface area (Å²) >= 11 is 0. The molecular weight excluding hydrogens is 258 g/mol.